The quantitative estimate of drug-likeness (QED) is 0.744. The second kappa shape index (κ2) is 7.96. The molecule has 1 aliphatic rings. The van der Waals surface area contributed by atoms with Crippen molar-refractivity contribution in [3.05, 3.63) is 23.8 Å². The zero-order valence-electron chi connectivity index (χ0n) is 13.9. The summed E-state index contributed by atoms with van der Waals surface area (Å²) < 4.78 is 37.8. The van der Waals surface area contributed by atoms with Crippen LogP contribution in [0.25, 0.3) is 0 Å². The van der Waals surface area contributed by atoms with Crippen molar-refractivity contribution in [2.75, 3.05) is 20.8 Å². The molecule has 0 aromatic heterocycles. The van der Waals surface area contributed by atoms with Crippen LogP contribution in [0, 0.1) is 5.92 Å². The van der Waals surface area contributed by atoms with Crippen LogP contribution in [0.5, 0.6) is 5.75 Å². The van der Waals surface area contributed by atoms with Crippen LogP contribution in [0.4, 0.5) is 0 Å². The summed E-state index contributed by atoms with van der Waals surface area (Å²) in [5.41, 5.74) is 5.94. The molecule has 2 rings (SSSR count). The van der Waals surface area contributed by atoms with E-state index in [4.69, 9.17) is 10.5 Å². The zero-order chi connectivity index (χ0) is 17.7. The maximum Gasteiger partial charge on any atom is 0.341 e. The average Bonchev–Trinajstić information content (AvgIpc) is 2.60. The van der Waals surface area contributed by atoms with Crippen molar-refractivity contribution in [1.29, 1.82) is 0 Å². The van der Waals surface area contributed by atoms with Crippen molar-refractivity contribution < 1.29 is 22.7 Å². The van der Waals surface area contributed by atoms with E-state index in [1.807, 2.05) is 0 Å². The molecule has 0 aliphatic heterocycles. The van der Waals surface area contributed by atoms with E-state index < -0.39 is 16.0 Å². The maximum absolute atomic E-state index is 12.7. The summed E-state index contributed by atoms with van der Waals surface area (Å²) in [6.45, 7) is 0.456. The second-order valence-electron chi connectivity index (χ2n) is 5.86. The molecule has 2 atom stereocenters. The van der Waals surface area contributed by atoms with Crippen molar-refractivity contribution in [1.82, 2.24) is 4.72 Å². The number of hydrogen-bond acceptors (Lipinski definition) is 6. The Kier molecular flexibility index (Phi) is 6.20. The molecule has 0 heterocycles. The lowest BCUT2D eigenvalue weighted by Gasteiger charge is -2.31. The number of carbonyl (C=O) groups excluding carboxylic acids is 1. The van der Waals surface area contributed by atoms with Gasteiger partial charge in [-0.1, -0.05) is 12.8 Å². The molecule has 1 aliphatic carbocycles. The van der Waals surface area contributed by atoms with E-state index in [0.29, 0.717) is 6.54 Å². The molecule has 1 aromatic rings. The van der Waals surface area contributed by atoms with E-state index in [2.05, 4.69) is 9.46 Å². The van der Waals surface area contributed by atoms with Gasteiger partial charge < -0.3 is 15.2 Å². The zero-order valence-corrected chi connectivity index (χ0v) is 14.8. The molecule has 2 unspecified atom stereocenters. The highest BCUT2D eigenvalue weighted by molar-refractivity contribution is 7.89. The fourth-order valence-electron chi connectivity index (χ4n) is 3.03. The van der Waals surface area contributed by atoms with Crippen molar-refractivity contribution in [2.24, 2.45) is 11.7 Å². The van der Waals surface area contributed by atoms with E-state index in [1.54, 1.807) is 0 Å². The fraction of sp³-hybridized carbons (Fsp3) is 0.562. The Labute approximate surface area is 142 Å². The molecular weight excluding hydrogens is 332 g/mol. The highest BCUT2D eigenvalue weighted by Crippen LogP contribution is 2.27. The fourth-order valence-corrected chi connectivity index (χ4v) is 4.38. The Morgan fingerprint density at radius 2 is 2.00 bits per heavy atom. The smallest absolute Gasteiger partial charge is 0.341 e. The highest BCUT2D eigenvalue weighted by Gasteiger charge is 2.29. The Hall–Kier alpha value is -1.64. The standard InChI is InChI=1S/C16H24N2O5S/c1-22-15-9-12(7-8-13(15)16(19)23-2)24(20,21)18-14-6-4-3-5-11(14)10-17/h7-9,11,14,18H,3-6,10,17H2,1-2H3. The molecule has 1 saturated carbocycles. The molecule has 0 saturated heterocycles. The summed E-state index contributed by atoms with van der Waals surface area (Å²) in [6.07, 6.45) is 3.75. The molecule has 0 radical (unpaired) electrons. The summed E-state index contributed by atoms with van der Waals surface area (Å²) >= 11 is 0. The van der Waals surface area contributed by atoms with Gasteiger partial charge in [-0.05, 0) is 37.4 Å². The number of nitrogens with two attached hydrogens (primary N) is 1. The largest absolute Gasteiger partial charge is 0.496 e. The Morgan fingerprint density at radius 1 is 1.29 bits per heavy atom. The van der Waals surface area contributed by atoms with Crippen molar-refractivity contribution in [2.45, 2.75) is 36.6 Å². The molecule has 134 valence electrons. The number of rotatable bonds is 6. The number of sulfonamides is 1. The van der Waals surface area contributed by atoms with Crippen molar-refractivity contribution in [3.63, 3.8) is 0 Å². The van der Waals surface area contributed by atoms with E-state index in [9.17, 15) is 13.2 Å². The minimum atomic E-state index is -3.72. The van der Waals surface area contributed by atoms with E-state index in [1.165, 1.54) is 32.4 Å². The Morgan fingerprint density at radius 3 is 2.62 bits per heavy atom. The van der Waals surface area contributed by atoms with Gasteiger partial charge in [0.05, 0.1) is 19.1 Å². The van der Waals surface area contributed by atoms with Crippen LogP contribution < -0.4 is 15.2 Å². The summed E-state index contributed by atoms with van der Waals surface area (Å²) in [4.78, 5) is 11.7. The number of benzene rings is 1. The second-order valence-corrected chi connectivity index (χ2v) is 7.58. The van der Waals surface area contributed by atoms with Gasteiger partial charge in [0.15, 0.2) is 0 Å². The number of hydrogen-bond donors (Lipinski definition) is 2. The van der Waals surface area contributed by atoms with Crippen LogP contribution in [0.2, 0.25) is 0 Å². The third-order valence-electron chi connectivity index (χ3n) is 4.41. The van der Waals surface area contributed by atoms with Gasteiger partial charge in [-0.2, -0.15) is 0 Å². The number of esters is 1. The van der Waals surface area contributed by atoms with Crippen molar-refractivity contribution >= 4 is 16.0 Å². The Balaban J connectivity index is 2.27. The van der Waals surface area contributed by atoms with Gasteiger partial charge in [0.2, 0.25) is 10.0 Å². The molecule has 7 nitrogen and oxygen atoms in total. The summed E-state index contributed by atoms with van der Waals surface area (Å²) in [5, 5.41) is 0. The lowest BCUT2D eigenvalue weighted by Crippen LogP contribution is -2.44. The van der Waals surface area contributed by atoms with Crippen LogP contribution >= 0.6 is 0 Å². The molecule has 24 heavy (non-hydrogen) atoms. The van der Waals surface area contributed by atoms with Gasteiger partial charge in [-0.3, -0.25) is 0 Å². The minimum absolute atomic E-state index is 0.0494. The average molecular weight is 356 g/mol. The van der Waals surface area contributed by atoms with Crippen LogP contribution in [0.15, 0.2) is 23.1 Å². The lowest BCUT2D eigenvalue weighted by atomic mass is 9.85. The van der Waals surface area contributed by atoms with Crippen molar-refractivity contribution in [3.8, 4) is 5.75 Å². The summed E-state index contributed by atoms with van der Waals surface area (Å²) in [6, 6.07) is 3.92. The van der Waals surface area contributed by atoms with Gasteiger partial charge in [0, 0.05) is 12.1 Å². The van der Waals surface area contributed by atoms with E-state index in [0.717, 1.165) is 25.7 Å². The van der Waals surface area contributed by atoms with Gasteiger partial charge in [-0.25, -0.2) is 17.9 Å². The molecule has 3 N–H and O–H groups in total. The van der Waals surface area contributed by atoms with Crippen LogP contribution in [-0.2, 0) is 14.8 Å². The van der Waals surface area contributed by atoms with Crippen LogP contribution in [0.3, 0.4) is 0 Å². The first kappa shape index (κ1) is 18.7. The van der Waals surface area contributed by atoms with E-state index >= 15 is 0 Å². The first-order valence-electron chi connectivity index (χ1n) is 7.91. The maximum atomic E-state index is 12.7. The minimum Gasteiger partial charge on any atom is -0.496 e. The first-order valence-corrected chi connectivity index (χ1v) is 9.40. The van der Waals surface area contributed by atoms with Gasteiger partial charge >= 0.3 is 5.97 Å². The number of methoxy groups -OCH3 is 2. The lowest BCUT2D eigenvalue weighted by molar-refractivity contribution is 0.0597. The number of carbonyl (C=O) groups is 1. The van der Waals surface area contributed by atoms with Gasteiger partial charge in [0.1, 0.15) is 11.3 Å². The third kappa shape index (κ3) is 4.06. The number of ether oxygens (including phenoxy) is 2. The van der Waals surface area contributed by atoms with Gasteiger partial charge in [-0.15, -0.1) is 0 Å². The topological polar surface area (TPSA) is 108 Å². The SMILES string of the molecule is COC(=O)c1ccc(S(=O)(=O)NC2CCCCC2CN)cc1OC. The molecule has 0 amide bonds. The van der Waals surface area contributed by atoms with Crippen LogP contribution in [0.1, 0.15) is 36.0 Å². The predicted octanol–water partition coefficient (Wildman–Crippen LogP) is 1.28. The summed E-state index contributed by atoms with van der Waals surface area (Å²) in [5.74, 6) is -0.284. The molecule has 1 aromatic carbocycles. The molecule has 1 fully saturated rings. The molecule has 0 bridgehead atoms. The Bertz CT molecular complexity index is 690. The van der Waals surface area contributed by atoms with E-state index in [-0.39, 0.29) is 28.2 Å². The highest BCUT2D eigenvalue weighted by atomic mass is 32.2. The summed E-state index contributed by atoms with van der Waals surface area (Å²) in [7, 11) is -1.10. The monoisotopic (exact) mass is 356 g/mol. The number of nitrogens with one attached hydrogen (secondary N) is 1. The predicted molar refractivity (Wildman–Crippen MR) is 89.5 cm³/mol. The van der Waals surface area contributed by atoms with Gasteiger partial charge in [0.25, 0.3) is 0 Å². The van der Waals surface area contributed by atoms with Crippen LogP contribution in [-0.4, -0.2) is 41.2 Å². The third-order valence-corrected chi connectivity index (χ3v) is 5.89. The molecule has 0 spiro atoms. The first-order chi connectivity index (χ1) is 11.4. The normalized spacial score (nSPS) is 21.3. The molecular formula is C16H24N2O5S. The molecule has 8 heteroatoms.